The van der Waals surface area contributed by atoms with Gasteiger partial charge in [-0.1, -0.05) is 27.7 Å². The first-order chi connectivity index (χ1) is 6.13. The molecule has 76 valence electrons. The summed E-state index contributed by atoms with van der Waals surface area (Å²) in [6.07, 6.45) is 1.38. The van der Waals surface area contributed by atoms with E-state index in [-0.39, 0.29) is 0 Å². The Hall–Kier alpha value is 0.440. The van der Waals surface area contributed by atoms with Crippen LogP contribution in [0.4, 0.5) is 0 Å². The highest BCUT2D eigenvalue weighted by Gasteiger charge is 2.17. The van der Waals surface area contributed by atoms with Crippen LogP contribution in [0, 0.1) is 11.8 Å². The molecule has 1 aliphatic rings. The molecule has 2 heteroatoms. The summed E-state index contributed by atoms with van der Waals surface area (Å²) in [7, 11) is 0. The third kappa shape index (κ3) is 3.25. The van der Waals surface area contributed by atoms with Crippen LogP contribution in [0.3, 0.4) is 0 Å². The fourth-order valence-corrected chi connectivity index (χ4v) is 4.98. The molecule has 0 nitrogen and oxygen atoms in total. The van der Waals surface area contributed by atoms with E-state index in [0.717, 1.165) is 0 Å². The molecule has 0 radical (unpaired) electrons. The maximum absolute atomic E-state index is 2.32. The smallest absolute Gasteiger partial charge is 0.0398 e. The summed E-state index contributed by atoms with van der Waals surface area (Å²) in [4.78, 5) is 0. The second-order valence-electron chi connectivity index (χ2n) is 4.10. The zero-order valence-electron chi connectivity index (χ0n) is 9.09. The minimum Gasteiger partial charge on any atom is -0.119 e. The zero-order chi connectivity index (χ0) is 9.84. The molecule has 1 fully saturated rings. The molecule has 0 aliphatic carbocycles. The molecule has 0 aromatic rings. The first-order valence-electron chi connectivity index (χ1n) is 5.12. The Bertz CT molecular complexity index is 174. The molecule has 1 heterocycles. The van der Waals surface area contributed by atoms with Crippen LogP contribution in [0.25, 0.3) is 0 Å². The largest absolute Gasteiger partial charge is 0.119 e. The van der Waals surface area contributed by atoms with Crippen LogP contribution < -0.4 is 0 Å². The Labute approximate surface area is 90.9 Å². The van der Waals surface area contributed by atoms with Crippen molar-refractivity contribution in [3.8, 4) is 0 Å². The lowest BCUT2D eigenvalue weighted by Crippen LogP contribution is -2.06. The SMILES string of the molecule is CC(C)C(=C1SCCCS1)C(C)C. The first-order valence-corrected chi connectivity index (χ1v) is 7.09. The van der Waals surface area contributed by atoms with Crippen molar-refractivity contribution in [2.24, 2.45) is 11.8 Å². The van der Waals surface area contributed by atoms with Crippen molar-refractivity contribution in [2.75, 3.05) is 11.5 Å². The van der Waals surface area contributed by atoms with Crippen molar-refractivity contribution >= 4 is 23.5 Å². The van der Waals surface area contributed by atoms with E-state index in [1.807, 2.05) is 0 Å². The third-order valence-corrected chi connectivity index (χ3v) is 4.92. The predicted octanol–water partition coefficient (Wildman–Crippen LogP) is 4.38. The van der Waals surface area contributed by atoms with Gasteiger partial charge in [0.2, 0.25) is 0 Å². The molecule has 0 aromatic carbocycles. The zero-order valence-corrected chi connectivity index (χ0v) is 10.7. The van der Waals surface area contributed by atoms with Gasteiger partial charge in [0.1, 0.15) is 0 Å². The average Bonchev–Trinajstić information content (AvgIpc) is 2.04. The van der Waals surface area contributed by atoms with Gasteiger partial charge in [-0.25, -0.2) is 0 Å². The summed E-state index contributed by atoms with van der Waals surface area (Å²) in [5.74, 6) is 4.08. The third-order valence-electron chi connectivity index (χ3n) is 2.23. The molecule has 0 amide bonds. The van der Waals surface area contributed by atoms with E-state index in [1.165, 1.54) is 17.9 Å². The van der Waals surface area contributed by atoms with Crippen molar-refractivity contribution in [1.29, 1.82) is 0 Å². The molecular weight excluding hydrogens is 196 g/mol. The van der Waals surface area contributed by atoms with Crippen molar-refractivity contribution in [3.63, 3.8) is 0 Å². The van der Waals surface area contributed by atoms with Gasteiger partial charge in [-0.3, -0.25) is 0 Å². The molecule has 0 saturated carbocycles. The van der Waals surface area contributed by atoms with Crippen LogP contribution in [-0.2, 0) is 0 Å². The summed E-state index contributed by atoms with van der Waals surface area (Å²) in [5.41, 5.74) is 1.68. The molecule has 0 aromatic heterocycles. The second-order valence-corrected chi connectivity index (χ2v) is 6.57. The van der Waals surface area contributed by atoms with Crippen molar-refractivity contribution < 1.29 is 0 Å². The van der Waals surface area contributed by atoms with Crippen LogP contribution in [0.1, 0.15) is 34.1 Å². The lowest BCUT2D eigenvalue weighted by Gasteiger charge is -2.23. The minimum absolute atomic E-state index is 0.716. The topological polar surface area (TPSA) is 0 Å². The van der Waals surface area contributed by atoms with Crippen molar-refractivity contribution in [2.45, 2.75) is 34.1 Å². The molecule has 0 atom stereocenters. The number of hydrogen-bond acceptors (Lipinski definition) is 2. The Morgan fingerprint density at radius 3 is 1.85 bits per heavy atom. The van der Waals surface area contributed by atoms with E-state index in [9.17, 15) is 0 Å². The fraction of sp³-hybridized carbons (Fsp3) is 0.818. The molecule has 0 N–H and O–H groups in total. The van der Waals surface area contributed by atoms with Crippen molar-refractivity contribution in [1.82, 2.24) is 0 Å². The van der Waals surface area contributed by atoms with Crippen LogP contribution in [0.2, 0.25) is 0 Å². The molecular formula is C11H20S2. The monoisotopic (exact) mass is 216 g/mol. The molecule has 0 spiro atoms. The normalized spacial score (nSPS) is 18.5. The standard InChI is InChI=1S/C11H20S2/c1-8(2)10(9(3)4)11-12-6-5-7-13-11/h8-9H,5-7H2,1-4H3. The lowest BCUT2D eigenvalue weighted by molar-refractivity contribution is 0.626. The van der Waals surface area contributed by atoms with Gasteiger partial charge in [0.25, 0.3) is 0 Å². The molecule has 1 aliphatic heterocycles. The maximum atomic E-state index is 2.32. The predicted molar refractivity (Wildman–Crippen MR) is 66.2 cm³/mol. The number of allylic oxidation sites excluding steroid dienone is 1. The van der Waals surface area contributed by atoms with Crippen LogP contribution >= 0.6 is 23.5 Å². The lowest BCUT2D eigenvalue weighted by atomic mass is 9.94. The van der Waals surface area contributed by atoms with Gasteiger partial charge >= 0.3 is 0 Å². The van der Waals surface area contributed by atoms with Crippen LogP contribution in [0.15, 0.2) is 9.81 Å². The molecule has 0 unspecified atom stereocenters. The van der Waals surface area contributed by atoms with Gasteiger partial charge in [-0.05, 0) is 35.3 Å². The van der Waals surface area contributed by atoms with E-state index >= 15 is 0 Å². The molecule has 1 saturated heterocycles. The maximum Gasteiger partial charge on any atom is 0.0398 e. The fourth-order valence-electron chi connectivity index (χ4n) is 1.74. The Balaban J connectivity index is 2.80. The van der Waals surface area contributed by atoms with E-state index in [2.05, 4.69) is 51.2 Å². The van der Waals surface area contributed by atoms with E-state index in [1.54, 1.807) is 9.81 Å². The van der Waals surface area contributed by atoms with Gasteiger partial charge < -0.3 is 0 Å². The van der Waals surface area contributed by atoms with Crippen molar-refractivity contribution in [3.05, 3.63) is 9.81 Å². The molecule has 13 heavy (non-hydrogen) atoms. The minimum atomic E-state index is 0.716. The summed E-state index contributed by atoms with van der Waals surface area (Å²) in [6.45, 7) is 9.27. The Kier molecular flexibility index (Phi) is 4.74. The van der Waals surface area contributed by atoms with E-state index in [4.69, 9.17) is 0 Å². The first kappa shape index (κ1) is 11.5. The number of hydrogen-bond donors (Lipinski definition) is 0. The summed E-state index contributed by atoms with van der Waals surface area (Å²) in [6, 6.07) is 0. The van der Waals surface area contributed by atoms with Gasteiger partial charge in [-0.15, -0.1) is 23.5 Å². The van der Waals surface area contributed by atoms with Crippen LogP contribution in [-0.4, -0.2) is 11.5 Å². The number of rotatable bonds is 2. The summed E-state index contributed by atoms with van der Waals surface area (Å²) in [5, 5.41) is 0. The highest BCUT2D eigenvalue weighted by Crippen LogP contribution is 2.41. The van der Waals surface area contributed by atoms with Gasteiger partial charge in [-0.2, -0.15) is 0 Å². The van der Waals surface area contributed by atoms with Gasteiger partial charge in [0.05, 0.1) is 0 Å². The van der Waals surface area contributed by atoms with Crippen LogP contribution in [0.5, 0.6) is 0 Å². The summed E-state index contributed by atoms with van der Waals surface area (Å²) >= 11 is 4.14. The van der Waals surface area contributed by atoms with Gasteiger partial charge in [0, 0.05) is 4.24 Å². The average molecular weight is 216 g/mol. The summed E-state index contributed by atoms with van der Waals surface area (Å²) < 4.78 is 1.62. The Morgan fingerprint density at radius 2 is 1.46 bits per heavy atom. The van der Waals surface area contributed by atoms with Gasteiger partial charge in [0.15, 0.2) is 0 Å². The highest BCUT2D eigenvalue weighted by atomic mass is 32.2. The van der Waals surface area contributed by atoms with E-state index in [0.29, 0.717) is 11.8 Å². The number of thioether (sulfide) groups is 2. The highest BCUT2D eigenvalue weighted by molar-refractivity contribution is 8.22. The Morgan fingerprint density at radius 1 is 1.00 bits per heavy atom. The second kappa shape index (κ2) is 5.35. The quantitative estimate of drug-likeness (QED) is 0.672. The molecule has 0 bridgehead atoms. The van der Waals surface area contributed by atoms with E-state index < -0.39 is 0 Å². The molecule has 1 rings (SSSR count).